The van der Waals surface area contributed by atoms with E-state index in [9.17, 15) is 0 Å². The molecule has 0 aliphatic carbocycles. The molecular formula is C16H12BrNO. The van der Waals surface area contributed by atoms with Crippen LogP contribution in [0.4, 0.5) is 0 Å². The van der Waals surface area contributed by atoms with E-state index in [1.165, 1.54) is 0 Å². The number of aromatic nitrogens is 1. The first-order valence-corrected chi connectivity index (χ1v) is 7.16. The number of hydrogen-bond acceptors (Lipinski definition) is 2. The van der Waals surface area contributed by atoms with Crippen molar-refractivity contribution >= 4 is 26.8 Å². The summed E-state index contributed by atoms with van der Waals surface area (Å²) < 4.78 is 6.04. The second-order valence-electron chi connectivity index (χ2n) is 4.17. The number of benzene rings is 2. The molecule has 0 saturated carbocycles. The summed E-state index contributed by atoms with van der Waals surface area (Å²) in [6.07, 6.45) is 1.79. The van der Waals surface area contributed by atoms with Crippen LogP contribution >= 0.6 is 15.9 Å². The first-order valence-electron chi connectivity index (χ1n) is 6.04. The van der Waals surface area contributed by atoms with Crippen LogP contribution in [-0.2, 0) is 5.33 Å². The number of nitrogens with zero attached hydrogens (tertiary/aromatic N) is 1. The molecule has 0 fully saturated rings. The van der Waals surface area contributed by atoms with Gasteiger partial charge in [-0.25, -0.2) is 0 Å². The minimum atomic E-state index is 0.770. The molecule has 1 heterocycles. The largest absolute Gasteiger partial charge is 0.456 e. The standard InChI is InChI=1S/C16H12BrNO/c17-11-12-5-1-2-8-15(12)19-16-9-3-7-14-13(16)6-4-10-18-14/h1-10H,11H2. The molecule has 0 unspecified atom stereocenters. The van der Waals surface area contributed by atoms with Crippen LogP contribution in [0.3, 0.4) is 0 Å². The van der Waals surface area contributed by atoms with Gasteiger partial charge in [0, 0.05) is 22.5 Å². The highest BCUT2D eigenvalue weighted by Gasteiger charge is 2.06. The number of halogens is 1. The van der Waals surface area contributed by atoms with E-state index >= 15 is 0 Å². The predicted octanol–water partition coefficient (Wildman–Crippen LogP) is 4.92. The summed E-state index contributed by atoms with van der Waals surface area (Å²) in [5.74, 6) is 1.70. The van der Waals surface area contributed by atoms with E-state index in [0.29, 0.717) is 0 Å². The third-order valence-electron chi connectivity index (χ3n) is 2.94. The number of para-hydroxylation sites is 1. The molecule has 0 saturated heterocycles. The predicted molar refractivity (Wildman–Crippen MR) is 80.9 cm³/mol. The molecule has 94 valence electrons. The zero-order valence-corrected chi connectivity index (χ0v) is 11.8. The lowest BCUT2D eigenvalue weighted by Gasteiger charge is -2.11. The van der Waals surface area contributed by atoms with Crippen molar-refractivity contribution in [2.75, 3.05) is 0 Å². The maximum absolute atomic E-state index is 6.04. The van der Waals surface area contributed by atoms with Gasteiger partial charge in [0.15, 0.2) is 0 Å². The number of fused-ring (bicyclic) bond motifs is 1. The molecule has 19 heavy (non-hydrogen) atoms. The van der Waals surface area contributed by atoms with Gasteiger partial charge in [0.25, 0.3) is 0 Å². The lowest BCUT2D eigenvalue weighted by Crippen LogP contribution is -1.90. The Morgan fingerprint density at radius 2 is 1.74 bits per heavy atom. The van der Waals surface area contributed by atoms with Gasteiger partial charge in [-0.2, -0.15) is 0 Å². The molecule has 0 aliphatic rings. The molecule has 2 nitrogen and oxygen atoms in total. The Morgan fingerprint density at radius 1 is 0.895 bits per heavy atom. The lowest BCUT2D eigenvalue weighted by atomic mass is 10.2. The normalized spacial score (nSPS) is 10.6. The van der Waals surface area contributed by atoms with Crippen molar-refractivity contribution in [1.82, 2.24) is 4.98 Å². The Morgan fingerprint density at radius 3 is 2.63 bits per heavy atom. The Labute approximate surface area is 120 Å². The maximum Gasteiger partial charge on any atom is 0.136 e. The van der Waals surface area contributed by atoms with E-state index in [-0.39, 0.29) is 0 Å². The van der Waals surface area contributed by atoms with Gasteiger partial charge in [-0.15, -0.1) is 0 Å². The van der Waals surface area contributed by atoms with E-state index in [2.05, 4.69) is 20.9 Å². The summed E-state index contributed by atoms with van der Waals surface area (Å²) in [4.78, 5) is 4.34. The van der Waals surface area contributed by atoms with E-state index in [1.54, 1.807) is 6.20 Å². The minimum absolute atomic E-state index is 0.770. The van der Waals surface area contributed by atoms with Crippen LogP contribution < -0.4 is 4.74 Å². The van der Waals surface area contributed by atoms with Crippen molar-refractivity contribution < 1.29 is 4.74 Å². The Bertz CT molecular complexity index is 706. The fourth-order valence-corrected chi connectivity index (χ4v) is 2.46. The minimum Gasteiger partial charge on any atom is -0.456 e. The number of ether oxygens (including phenoxy) is 1. The molecule has 0 spiro atoms. The Hall–Kier alpha value is -1.87. The smallest absolute Gasteiger partial charge is 0.136 e. The number of rotatable bonds is 3. The quantitative estimate of drug-likeness (QED) is 0.640. The van der Waals surface area contributed by atoms with Gasteiger partial charge < -0.3 is 4.74 Å². The van der Waals surface area contributed by atoms with E-state index in [1.807, 2.05) is 54.6 Å². The number of pyridine rings is 1. The van der Waals surface area contributed by atoms with Gasteiger partial charge >= 0.3 is 0 Å². The van der Waals surface area contributed by atoms with Crippen molar-refractivity contribution in [2.24, 2.45) is 0 Å². The van der Waals surface area contributed by atoms with Gasteiger partial charge in [0.2, 0.25) is 0 Å². The maximum atomic E-state index is 6.04. The molecule has 2 aromatic carbocycles. The fraction of sp³-hybridized carbons (Fsp3) is 0.0625. The second-order valence-corrected chi connectivity index (χ2v) is 4.73. The average molecular weight is 314 g/mol. The van der Waals surface area contributed by atoms with Crippen molar-refractivity contribution in [3.8, 4) is 11.5 Å². The van der Waals surface area contributed by atoms with Crippen LogP contribution in [0.1, 0.15) is 5.56 Å². The molecule has 0 atom stereocenters. The summed E-state index contributed by atoms with van der Waals surface area (Å²) in [5.41, 5.74) is 2.07. The third-order valence-corrected chi connectivity index (χ3v) is 3.55. The van der Waals surface area contributed by atoms with Crippen LogP contribution in [0.15, 0.2) is 60.8 Å². The average Bonchev–Trinajstić information content (AvgIpc) is 2.48. The monoisotopic (exact) mass is 313 g/mol. The van der Waals surface area contributed by atoms with E-state index < -0.39 is 0 Å². The highest BCUT2D eigenvalue weighted by molar-refractivity contribution is 9.08. The highest BCUT2D eigenvalue weighted by atomic mass is 79.9. The first-order chi connectivity index (χ1) is 9.38. The summed E-state index contributed by atoms with van der Waals surface area (Å²) >= 11 is 3.48. The molecule has 3 rings (SSSR count). The SMILES string of the molecule is BrCc1ccccc1Oc1cccc2ncccc12. The van der Waals surface area contributed by atoms with Crippen LogP contribution in [0, 0.1) is 0 Å². The molecule has 0 bridgehead atoms. The van der Waals surface area contributed by atoms with Crippen molar-refractivity contribution in [3.05, 3.63) is 66.4 Å². The molecule has 0 radical (unpaired) electrons. The van der Waals surface area contributed by atoms with Crippen LogP contribution in [0.5, 0.6) is 11.5 Å². The molecule has 1 aromatic heterocycles. The van der Waals surface area contributed by atoms with Crippen LogP contribution in [0.2, 0.25) is 0 Å². The van der Waals surface area contributed by atoms with Crippen molar-refractivity contribution in [2.45, 2.75) is 5.33 Å². The molecular weight excluding hydrogens is 302 g/mol. The zero-order chi connectivity index (χ0) is 13.1. The van der Waals surface area contributed by atoms with Crippen molar-refractivity contribution in [3.63, 3.8) is 0 Å². The first kappa shape index (κ1) is 12.2. The van der Waals surface area contributed by atoms with Crippen LogP contribution in [0.25, 0.3) is 10.9 Å². The van der Waals surface area contributed by atoms with E-state index in [0.717, 1.165) is 33.3 Å². The summed E-state index contributed by atoms with van der Waals surface area (Å²) in [6.45, 7) is 0. The van der Waals surface area contributed by atoms with E-state index in [4.69, 9.17) is 4.74 Å². The van der Waals surface area contributed by atoms with Crippen LogP contribution in [-0.4, -0.2) is 4.98 Å². The topological polar surface area (TPSA) is 22.1 Å². The van der Waals surface area contributed by atoms with Gasteiger partial charge in [-0.3, -0.25) is 4.98 Å². The number of hydrogen-bond donors (Lipinski definition) is 0. The summed E-state index contributed by atoms with van der Waals surface area (Å²) in [5, 5.41) is 1.79. The van der Waals surface area contributed by atoms with Gasteiger partial charge in [-0.1, -0.05) is 40.2 Å². The zero-order valence-electron chi connectivity index (χ0n) is 10.2. The van der Waals surface area contributed by atoms with Gasteiger partial charge in [0.05, 0.1) is 5.52 Å². The molecule has 3 aromatic rings. The van der Waals surface area contributed by atoms with Gasteiger partial charge in [-0.05, 0) is 30.3 Å². The Kier molecular flexibility index (Phi) is 3.47. The Balaban J connectivity index is 2.06. The summed E-state index contributed by atoms with van der Waals surface area (Å²) in [7, 11) is 0. The molecule has 0 aliphatic heterocycles. The molecule has 0 N–H and O–H groups in total. The number of alkyl halides is 1. The highest BCUT2D eigenvalue weighted by Crippen LogP contribution is 2.31. The van der Waals surface area contributed by atoms with Gasteiger partial charge in [0.1, 0.15) is 11.5 Å². The second kappa shape index (κ2) is 5.41. The molecule has 0 amide bonds. The third kappa shape index (κ3) is 2.47. The fourth-order valence-electron chi connectivity index (χ4n) is 2.00. The summed E-state index contributed by atoms with van der Waals surface area (Å²) in [6, 6.07) is 17.9. The lowest BCUT2D eigenvalue weighted by molar-refractivity contribution is 0.484. The molecule has 3 heteroatoms. The van der Waals surface area contributed by atoms with Crippen molar-refractivity contribution in [1.29, 1.82) is 0 Å².